The summed E-state index contributed by atoms with van der Waals surface area (Å²) >= 11 is 6.10. The van der Waals surface area contributed by atoms with Gasteiger partial charge in [0.25, 0.3) is 0 Å². The van der Waals surface area contributed by atoms with Crippen molar-refractivity contribution in [2.75, 3.05) is 19.6 Å². The van der Waals surface area contributed by atoms with Crippen molar-refractivity contribution in [2.24, 2.45) is 0 Å². The predicted octanol–water partition coefficient (Wildman–Crippen LogP) is 4.41. The first-order valence-electron chi connectivity index (χ1n) is 8.53. The molecule has 3 nitrogen and oxygen atoms in total. The van der Waals surface area contributed by atoms with E-state index in [1.165, 1.54) is 41.8 Å². The molecular weight excluding hydrogens is 306 g/mol. The average Bonchev–Trinajstić information content (AvgIpc) is 2.84. The van der Waals surface area contributed by atoms with Gasteiger partial charge in [0.2, 0.25) is 0 Å². The molecule has 0 spiro atoms. The highest BCUT2D eigenvalue weighted by Gasteiger charge is 2.22. The summed E-state index contributed by atoms with van der Waals surface area (Å²) in [6.45, 7) is 9.86. The lowest BCUT2D eigenvalue weighted by Gasteiger charge is -2.33. The third kappa shape index (κ3) is 3.78. The van der Waals surface area contributed by atoms with Crippen LogP contribution in [0.1, 0.15) is 46.8 Å². The number of aryl methyl sites for hydroxylation is 3. The summed E-state index contributed by atoms with van der Waals surface area (Å²) in [5.74, 6) is 0.632. The van der Waals surface area contributed by atoms with E-state index >= 15 is 0 Å². The second-order valence-corrected chi connectivity index (χ2v) is 7.24. The highest BCUT2D eigenvalue weighted by Crippen LogP contribution is 2.30. The molecule has 124 valence electrons. The molecule has 1 aliphatic heterocycles. The summed E-state index contributed by atoms with van der Waals surface area (Å²) in [6.07, 6.45) is 3.64. The van der Waals surface area contributed by atoms with Gasteiger partial charge >= 0.3 is 0 Å². The zero-order valence-electron chi connectivity index (χ0n) is 14.3. The maximum Gasteiger partial charge on any atom is 0.0626 e. The standard InChI is InChI=1S/C19H26ClN3/c1-13-11-17(20)6-7-18(13)16-5-4-9-23(12-16)10-8-19-14(2)21-22-15(19)3/h6-7,11,16H,4-5,8-10,12H2,1-3H3,(H,21,22). The summed E-state index contributed by atoms with van der Waals surface area (Å²) in [5, 5.41) is 8.24. The lowest BCUT2D eigenvalue weighted by Crippen LogP contribution is -2.36. The number of hydrogen-bond acceptors (Lipinski definition) is 2. The number of hydrogen-bond donors (Lipinski definition) is 1. The summed E-state index contributed by atoms with van der Waals surface area (Å²) in [7, 11) is 0. The molecule has 1 atom stereocenters. The van der Waals surface area contributed by atoms with Crippen molar-refractivity contribution in [3.8, 4) is 0 Å². The molecular formula is C19H26ClN3. The van der Waals surface area contributed by atoms with Crippen LogP contribution in [0.25, 0.3) is 0 Å². The Labute approximate surface area is 144 Å². The van der Waals surface area contributed by atoms with E-state index in [0.717, 1.165) is 30.2 Å². The Balaban J connectivity index is 1.64. The van der Waals surface area contributed by atoms with Gasteiger partial charge in [0, 0.05) is 23.8 Å². The minimum absolute atomic E-state index is 0.632. The number of nitrogens with one attached hydrogen (secondary N) is 1. The third-order valence-electron chi connectivity index (χ3n) is 5.14. The third-order valence-corrected chi connectivity index (χ3v) is 5.37. The van der Waals surface area contributed by atoms with Crippen molar-refractivity contribution >= 4 is 11.6 Å². The van der Waals surface area contributed by atoms with Crippen LogP contribution in [-0.2, 0) is 6.42 Å². The van der Waals surface area contributed by atoms with Crippen LogP contribution in [-0.4, -0.2) is 34.7 Å². The second kappa shape index (κ2) is 7.06. The van der Waals surface area contributed by atoms with Crippen LogP contribution in [0.5, 0.6) is 0 Å². The van der Waals surface area contributed by atoms with E-state index < -0.39 is 0 Å². The number of halogens is 1. The topological polar surface area (TPSA) is 31.9 Å². The average molecular weight is 332 g/mol. The van der Waals surface area contributed by atoms with Gasteiger partial charge in [0.05, 0.1) is 5.69 Å². The number of aromatic nitrogens is 2. The number of aromatic amines is 1. The molecule has 0 saturated carbocycles. The summed E-state index contributed by atoms with van der Waals surface area (Å²) in [6, 6.07) is 6.34. The molecule has 3 rings (SSSR count). The zero-order chi connectivity index (χ0) is 16.4. The molecule has 2 aromatic rings. The zero-order valence-corrected chi connectivity index (χ0v) is 15.1. The monoisotopic (exact) mass is 331 g/mol. The van der Waals surface area contributed by atoms with E-state index in [9.17, 15) is 0 Å². The van der Waals surface area contributed by atoms with Crippen LogP contribution in [0, 0.1) is 20.8 Å². The van der Waals surface area contributed by atoms with Crippen molar-refractivity contribution in [3.05, 3.63) is 51.3 Å². The molecule has 1 fully saturated rings. The molecule has 1 aromatic carbocycles. The van der Waals surface area contributed by atoms with Crippen molar-refractivity contribution in [3.63, 3.8) is 0 Å². The number of H-pyrrole nitrogens is 1. The lowest BCUT2D eigenvalue weighted by atomic mass is 9.88. The number of benzene rings is 1. The van der Waals surface area contributed by atoms with Crippen LogP contribution in [0.2, 0.25) is 5.02 Å². The largest absolute Gasteiger partial charge is 0.302 e. The molecule has 4 heteroatoms. The first-order chi connectivity index (χ1) is 11.0. The fourth-order valence-electron chi connectivity index (χ4n) is 3.82. The smallest absolute Gasteiger partial charge is 0.0626 e. The minimum Gasteiger partial charge on any atom is -0.302 e. The van der Waals surface area contributed by atoms with E-state index in [2.05, 4.69) is 48.0 Å². The van der Waals surface area contributed by atoms with Crippen molar-refractivity contribution in [2.45, 2.75) is 46.0 Å². The van der Waals surface area contributed by atoms with E-state index in [0.29, 0.717) is 5.92 Å². The van der Waals surface area contributed by atoms with Crippen LogP contribution in [0.15, 0.2) is 18.2 Å². The van der Waals surface area contributed by atoms with Gasteiger partial charge in [-0.25, -0.2) is 0 Å². The maximum atomic E-state index is 6.10. The highest BCUT2D eigenvalue weighted by atomic mass is 35.5. The Bertz CT molecular complexity index is 658. The second-order valence-electron chi connectivity index (χ2n) is 6.80. The molecule has 1 saturated heterocycles. The van der Waals surface area contributed by atoms with E-state index in [1.807, 2.05) is 6.07 Å². The molecule has 0 bridgehead atoms. The van der Waals surface area contributed by atoms with Gasteiger partial charge in [-0.15, -0.1) is 0 Å². The van der Waals surface area contributed by atoms with Gasteiger partial charge in [-0.05, 0) is 81.3 Å². The molecule has 1 aromatic heterocycles. The minimum atomic E-state index is 0.632. The van der Waals surface area contributed by atoms with Crippen molar-refractivity contribution in [1.82, 2.24) is 15.1 Å². The molecule has 1 unspecified atom stereocenters. The summed E-state index contributed by atoms with van der Waals surface area (Å²) in [5.41, 5.74) is 6.53. The van der Waals surface area contributed by atoms with Gasteiger partial charge in [-0.3, -0.25) is 5.10 Å². The molecule has 1 N–H and O–H groups in total. The number of rotatable bonds is 4. The number of piperidine rings is 1. The lowest BCUT2D eigenvalue weighted by molar-refractivity contribution is 0.210. The highest BCUT2D eigenvalue weighted by molar-refractivity contribution is 6.30. The molecule has 23 heavy (non-hydrogen) atoms. The Kier molecular flexibility index (Phi) is 5.08. The molecule has 0 amide bonds. The Morgan fingerprint density at radius 3 is 2.83 bits per heavy atom. The van der Waals surface area contributed by atoms with E-state index in [4.69, 9.17) is 11.6 Å². The van der Waals surface area contributed by atoms with Crippen LogP contribution in [0.4, 0.5) is 0 Å². The summed E-state index contributed by atoms with van der Waals surface area (Å²) < 4.78 is 0. The van der Waals surface area contributed by atoms with Gasteiger partial charge in [0.15, 0.2) is 0 Å². The Morgan fingerprint density at radius 1 is 1.30 bits per heavy atom. The quantitative estimate of drug-likeness (QED) is 0.899. The first kappa shape index (κ1) is 16.5. The Morgan fingerprint density at radius 2 is 2.13 bits per heavy atom. The van der Waals surface area contributed by atoms with E-state index in [1.54, 1.807) is 0 Å². The molecule has 0 aliphatic carbocycles. The molecule has 1 aliphatic rings. The fourth-order valence-corrected chi connectivity index (χ4v) is 4.05. The van der Waals surface area contributed by atoms with Crippen LogP contribution >= 0.6 is 11.6 Å². The fraction of sp³-hybridized carbons (Fsp3) is 0.526. The molecule has 0 radical (unpaired) electrons. The van der Waals surface area contributed by atoms with Gasteiger partial charge in [-0.1, -0.05) is 17.7 Å². The van der Waals surface area contributed by atoms with Crippen molar-refractivity contribution in [1.29, 1.82) is 0 Å². The Hall–Kier alpha value is -1.32. The van der Waals surface area contributed by atoms with Gasteiger partial charge < -0.3 is 4.90 Å². The normalized spacial score (nSPS) is 19.2. The van der Waals surface area contributed by atoms with Crippen molar-refractivity contribution < 1.29 is 0 Å². The first-order valence-corrected chi connectivity index (χ1v) is 8.91. The predicted molar refractivity (Wildman–Crippen MR) is 96.4 cm³/mol. The maximum absolute atomic E-state index is 6.10. The number of nitrogens with zero attached hydrogens (tertiary/aromatic N) is 2. The number of likely N-dealkylation sites (tertiary alicyclic amines) is 1. The van der Waals surface area contributed by atoms with Crippen LogP contribution < -0.4 is 0 Å². The van der Waals surface area contributed by atoms with Gasteiger partial charge in [0.1, 0.15) is 0 Å². The van der Waals surface area contributed by atoms with Gasteiger partial charge in [-0.2, -0.15) is 5.10 Å². The van der Waals surface area contributed by atoms with Crippen LogP contribution in [0.3, 0.4) is 0 Å². The molecule has 2 heterocycles. The van der Waals surface area contributed by atoms with E-state index in [-0.39, 0.29) is 0 Å². The SMILES string of the molecule is Cc1cc(Cl)ccc1C1CCCN(CCc2c(C)n[nH]c2C)C1. The summed E-state index contributed by atoms with van der Waals surface area (Å²) in [4.78, 5) is 2.61.